The molecule has 10 heteroatoms. The fraction of sp³-hybridized carbons (Fsp3) is 0.250. The Morgan fingerprint density at radius 3 is 2.33 bits per heavy atom. The van der Waals surface area contributed by atoms with Gasteiger partial charge in [0.25, 0.3) is 5.91 Å². The lowest BCUT2D eigenvalue weighted by molar-refractivity contribution is -0.167. The third kappa shape index (κ3) is 4.99. The van der Waals surface area contributed by atoms with Gasteiger partial charge >= 0.3 is 12.1 Å². The van der Waals surface area contributed by atoms with Gasteiger partial charge in [-0.2, -0.15) is 13.2 Å². The molecule has 0 aromatic heterocycles. The quantitative estimate of drug-likeness (QED) is 0.684. The zero-order valence-electron chi connectivity index (χ0n) is 15.5. The molecule has 2 N–H and O–H groups in total. The van der Waals surface area contributed by atoms with Gasteiger partial charge in [0, 0.05) is 16.7 Å². The first-order chi connectivity index (χ1) is 14.2. The number of nitrogens with one attached hydrogen (secondary N) is 2. The average Bonchev–Trinajstić information content (AvgIpc) is 3.19. The van der Waals surface area contributed by atoms with Crippen molar-refractivity contribution in [3.63, 3.8) is 0 Å². The first-order valence-corrected chi connectivity index (χ1v) is 9.80. The van der Waals surface area contributed by atoms with Crippen molar-refractivity contribution < 1.29 is 27.6 Å². The second-order valence-electron chi connectivity index (χ2n) is 6.65. The van der Waals surface area contributed by atoms with Gasteiger partial charge in [0.1, 0.15) is 6.04 Å². The van der Waals surface area contributed by atoms with Crippen molar-refractivity contribution in [1.82, 2.24) is 4.90 Å². The number of alkyl halides is 3. The summed E-state index contributed by atoms with van der Waals surface area (Å²) in [5, 5.41) is 4.47. The number of amides is 3. The average molecular weight is 484 g/mol. The third-order valence-corrected chi connectivity index (χ3v) is 5.12. The highest BCUT2D eigenvalue weighted by molar-refractivity contribution is 9.10. The van der Waals surface area contributed by atoms with E-state index in [2.05, 4.69) is 21.2 Å². The maximum absolute atomic E-state index is 13.0. The molecule has 2 aromatic rings. The minimum atomic E-state index is -5.09. The van der Waals surface area contributed by atoms with E-state index in [1.54, 1.807) is 29.6 Å². The summed E-state index contributed by atoms with van der Waals surface area (Å²) in [6.07, 6.45) is -4.09. The van der Waals surface area contributed by atoms with E-state index >= 15 is 0 Å². The number of anilines is 2. The number of hydrogen-bond donors (Lipinski definition) is 2. The molecule has 1 aliphatic rings. The van der Waals surface area contributed by atoms with E-state index in [4.69, 9.17) is 0 Å². The molecular formula is C20H17BrF3N3O3. The maximum Gasteiger partial charge on any atom is 0.471 e. The van der Waals surface area contributed by atoms with Gasteiger partial charge in [0.15, 0.2) is 0 Å². The standard InChI is InChI=1S/C20H17BrF3N3O3/c21-12-7-9-13(10-8-12)25-17(28)16-6-3-11-27(16)18(29)14-4-1-2-5-15(14)26-19(30)20(22,23)24/h1-2,4-5,7-10,16H,3,6,11H2,(H,25,28)(H,26,30). The number of carbonyl (C=O) groups is 3. The van der Waals surface area contributed by atoms with E-state index in [-0.39, 0.29) is 23.7 Å². The molecule has 1 fully saturated rings. The summed E-state index contributed by atoms with van der Waals surface area (Å²) in [4.78, 5) is 38.3. The Bertz CT molecular complexity index is 964. The van der Waals surface area contributed by atoms with Crippen LogP contribution in [0.4, 0.5) is 24.5 Å². The molecule has 3 amide bonds. The van der Waals surface area contributed by atoms with E-state index in [0.29, 0.717) is 18.5 Å². The highest BCUT2D eigenvalue weighted by Crippen LogP contribution is 2.26. The van der Waals surface area contributed by atoms with E-state index in [0.717, 1.165) is 4.47 Å². The summed E-state index contributed by atoms with van der Waals surface area (Å²) in [7, 11) is 0. The number of halogens is 4. The van der Waals surface area contributed by atoms with Crippen molar-refractivity contribution in [3.8, 4) is 0 Å². The van der Waals surface area contributed by atoms with E-state index in [1.807, 2.05) is 0 Å². The lowest BCUT2D eigenvalue weighted by atomic mass is 10.1. The first kappa shape index (κ1) is 21.8. The summed E-state index contributed by atoms with van der Waals surface area (Å²) < 4.78 is 38.7. The normalized spacial score (nSPS) is 16.3. The van der Waals surface area contributed by atoms with Gasteiger partial charge in [0.2, 0.25) is 5.91 Å². The van der Waals surface area contributed by atoms with Crippen LogP contribution in [-0.2, 0) is 9.59 Å². The number of hydrogen-bond acceptors (Lipinski definition) is 3. The zero-order chi connectivity index (χ0) is 21.9. The summed E-state index contributed by atoms with van der Waals surface area (Å²) in [5.74, 6) is -3.18. The highest BCUT2D eigenvalue weighted by Gasteiger charge is 2.40. The van der Waals surface area contributed by atoms with Crippen molar-refractivity contribution in [1.29, 1.82) is 0 Å². The van der Waals surface area contributed by atoms with E-state index < -0.39 is 24.0 Å². The van der Waals surface area contributed by atoms with Crippen molar-refractivity contribution in [3.05, 3.63) is 58.6 Å². The highest BCUT2D eigenvalue weighted by atomic mass is 79.9. The monoisotopic (exact) mass is 483 g/mol. The molecule has 6 nitrogen and oxygen atoms in total. The predicted octanol–water partition coefficient (Wildman–Crippen LogP) is 4.19. The SMILES string of the molecule is O=C(Nc1ccc(Br)cc1)C1CCCN1C(=O)c1ccccc1NC(=O)C(F)(F)F. The Morgan fingerprint density at radius 1 is 1.00 bits per heavy atom. The molecule has 2 aromatic carbocycles. The smallest absolute Gasteiger partial charge is 0.327 e. The first-order valence-electron chi connectivity index (χ1n) is 9.01. The third-order valence-electron chi connectivity index (χ3n) is 4.59. The van der Waals surface area contributed by atoms with Crippen molar-refractivity contribution in [2.24, 2.45) is 0 Å². The van der Waals surface area contributed by atoms with Crippen LogP contribution in [0.5, 0.6) is 0 Å². The molecule has 1 atom stereocenters. The van der Waals surface area contributed by atoms with Crippen LogP contribution in [0, 0.1) is 0 Å². The van der Waals surface area contributed by atoms with Crippen LogP contribution in [0.15, 0.2) is 53.0 Å². The van der Waals surface area contributed by atoms with E-state index in [9.17, 15) is 27.6 Å². The van der Waals surface area contributed by atoms with Gasteiger partial charge in [-0.1, -0.05) is 28.1 Å². The summed E-state index contributed by atoms with van der Waals surface area (Å²) >= 11 is 3.30. The number of carbonyl (C=O) groups excluding carboxylic acids is 3. The number of para-hydroxylation sites is 1. The lowest BCUT2D eigenvalue weighted by Crippen LogP contribution is -2.43. The van der Waals surface area contributed by atoms with Crippen molar-refractivity contribution in [2.75, 3.05) is 17.2 Å². The minimum Gasteiger partial charge on any atom is -0.327 e. The zero-order valence-corrected chi connectivity index (χ0v) is 17.1. The number of likely N-dealkylation sites (tertiary alicyclic amines) is 1. The van der Waals surface area contributed by atoms with Gasteiger partial charge in [-0.25, -0.2) is 0 Å². The topological polar surface area (TPSA) is 78.5 Å². The van der Waals surface area contributed by atoms with Crippen molar-refractivity contribution in [2.45, 2.75) is 25.1 Å². The fourth-order valence-corrected chi connectivity index (χ4v) is 3.43. The van der Waals surface area contributed by atoms with Gasteiger partial charge < -0.3 is 15.5 Å². The van der Waals surface area contributed by atoms with Gasteiger partial charge in [-0.05, 0) is 49.2 Å². The molecular weight excluding hydrogens is 467 g/mol. The van der Waals surface area contributed by atoms with Crippen LogP contribution in [-0.4, -0.2) is 41.4 Å². The van der Waals surface area contributed by atoms with Crippen LogP contribution in [0.25, 0.3) is 0 Å². The van der Waals surface area contributed by atoms with Crippen LogP contribution < -0.4 is 10.6 Å². The predicted molar refractivity (Wildman–Crippen MR) is 108 cm³/mol. The number of rotatable bonds is 4. The molecule has 30 heavy (non-hydrogen) atoms. The molecule has 0 radical (unpaired) electrons. The van der Waals surface area contributed by atoms with Gasteiger partial charge in [0.05, 0.1) is 11.3 Å². The largest absolute Gasteiger partial charge is 0.471 e. The van der Waals surface area contributed by atoms with Crippen LogP contribution in [0.3, 0.4) is 0 Å². The Morgan fingerprint density at radius 2 is 1.67 bits per heavy atom. The Labute approximate surface area is 178 Å². The molecule has 1 heterocycles. The fourth-order valence-electron chi connectivity index (χ4n) is 3.17. The van der Waals surface area contributed by atoms with E-state index in [1.165, 1.54) is 29.2 Å². The second-order valence-corrected chi connectivity index (χ2v) is 7.57. The van der Waals surface area contributed by atoms with Crippen LogP contribution in [0.1, 0.15) is 23.2 Å². The molecule has 3 rings (SSSR count). The van der Waals surface area contributed by atoms with Gasteiger partial charge in [-0.3, -0.25) is 14.4 Å². The lowest BCUT2D eigenvalue weighted by Gasteiger charge is -2.25. The Hall–Kier alpha value is -2.88. The van der Waals surface area contributed by atoms with Crippen LogP contribution >= 0.6 is 15.9 Å². The molecule has 1 saturated heterocycles. The molecule has 1 unspecified atom stereocenters. The summed E-state index contributed by atoms with van der Waals surface area (Å²) in [6.45, 7) is 0.277. The summed E-state index contributed by atoms with van der Waals surface area (Å²) in [5.41, 5.74) is 0.183. The van der Waals surface area contributed by atoms with Gasteiger partial charge in [-0.15, -0.1) is 0 Å². The Balaban J connectivity index is 1.78. The molecule has 0 spiro atoms. The molecule has 0 bridgehead atoms. The summed E-state index contributed by atoms with van der Waals surface area (Å²) in [6, 6.07) is 11.6. The Kier molecular flexibility index (Phi) is 6.45. The second kappa shape index (κ2) is 8.86. The number of nitrogens with zero attached hydrogens (tertiary/aromatic N) is 1. The molecule has 0 saturated carbocycles. The molecule has 1 aliphatic heterocycles. The van der Waals surface area contributed by atoms with Crippen LogP contribution in [0.2, 0.25) is 0 Å². The van der Waals surface area contributed by atoms with Crippen molar-refractivity contribution >= 4 is 45.0 Å². The number of benzene rings is 2. The maximum atomic E-state index is 13.0. The molecule has 158 valence electrons. The minimum absolute atomic E-state index is 0.113. The molecule has 0 aliphatic carbocycles.